The third-order valence-corrected chi connectivity index (χ3v) is 4.17. The van der Waals surface area contributed by atoms with Crippen LogP contribution in [0.3, 0.4) is 0 Å². The molecule has 1 fully saturated rings. The largest absolute Gasteiger partial charge is 0.343 e. The minimum Gasteiger partial charge on any atom is -0.343 e. The van der Waals surface area contributed by atoms with Crippen molar-refractivity contribution in [1.29, 1.82) is 0 Å². The zero-order valence-electron chi connectivity index (χ0n) is 12.6. The summed E-state index contributed by atoms with van der Waals surface area (Å²) < 4.78 is 0. The summed E-state index contributed by atoms with van der Waals surface area (Å²) >= 11 is 0. The molecule has 0 bridgehead atoms. The van der Waals surface area contributed by atoms with E-state index >= 15 is 0 Å². The van der Waals surface area contributed by atoms with E-state index in [2.05, 4.69) is 10.3 Å². The quantitative estimate of drug-likeness (QED) is 0.942. The van der Waals surface area contributed by atoms with Crippen LogP contribution in [0.5, 0.6) is 0 Å². The van der Waals surface area contributed by atoms with E-state index in [9.17, 15) is 9.59 Å². The van der Waals surface area contributed by atoms with E-state index in [1.54, 1.807) is 12.3 Å². The van der Waals surface area contributed by atoms with Gasteiger partial charge >= 0.3 is 0 Å². The summed E-state index contributed by atoms with van der Waals surface area (Å²) in [4.78, 5) is 30.6. The van der Waals surface area contributed by atoms with Crippen molar-refractivity contribution in [1.82, 2.24) is 15.2 Å². The fraction of sp³-hybridized carbons (Fsp3) is 0.353. The number of rotatable bonds is 3. The molecule has 114 valence electrons. The van der Waals surface area contributed by atoms with Crippen LogP contribution in [0, 0.1) is 0 Å². The molecule has 2 heterocycles. The Morgan fingerprint density at radius 3 is 2.91 bits per heavy atom. The molecule has 5 heteroatoms. The van der Waals surface area contributed by atoms with Gasteiger partial charge in [0, 0.05) is 24.2 Å². The number of carbonyl (C=O) groups excluding carboxylic acids is 2. The number of amides is 2. The van der Waals surface area contributed by atoms with Gasteiger partial charge in [0.1, 0.15) is 0 Å². The molecule has 1 aromatic carbocycles. The monoisotopic (exact) mass is 297 g/mol. The summed E-state index contributed by atoms with van der Waals surface area (Å²) in [6.07, 6.45) is 3.69. The highest BCUT2D eigenvalue weighted by Crippen LogP contribution is 2.17. The van der Waals surface area contributed by atoms with E-state index < -0.39 is 0 Å². The third-order valence-electron chi connectivity index (χ3n) is 4.17. The van der Waals surface area contributed by atoms with Crippen LogP contribution in [-0.4, -0.2) is 40.8 Å². The second kappa shape index (κ2) is 6.13. The molecule has 0 aliphatic carbocycles. The van der Waals surface area contributed by atoms with Crippen LogP contribution in [0.2, 0.25) is 0 Å². The van der Waals surface area contributed by atoms with Gasteiger partial charge in [-0.1, -0.05) is 18.2 Å². The molecule has 3 rings (SSSR count). The van der Waals surface area contributed by atoms with E-state index in [1.807, 2.05) is 36.1 Å². The van der Waals surface area contributed by atoms with Crippen LogP contribution in [0.1, 0.15) is 30.1 Å². The lowest BCUT2D eigenvalue weighted by Crippen LogP contribution is -2.41. The molecule has 1 atom stereocenters. The first-order valence-electron chi connectivity index (χ1n) is 7.58. The molecule has 1 aliphatic rings. The van der Waals surface area contributed by atoms with Crippen molar-refractivity contribution in [3.63, 3.8) is 0 Å². The number of fused-ring (bicyclic) bond motifs is 1. The molecular formula is C17H19N3O2. The minimum absolute atomic E-state index is 0.0169. The molecule has 0 radical (unpaired) electrons. The maximum atomic E-state index is 12.3. The standard InChI is InChI=1S/C17H19N3O2/c1-12-5-4-10-20(12)16(21)11-19-17(22)14-8-9-18-15-7-3-2-6-13(14)15/h2-3,6-9,12H,4-5,10-11H2,1H3,(H,19,22). The first kappa shape index (κ1) is 14.5. The van der Waals surface area contributed by atoms with E-state index in [0.29, 0.717) is 5.56 Å². The van der Waals surface area contributed by atoms with Crippen molar-refractivity contribution in [3.05, 3.63) is 42.1 Å². The molecule has 1 saturated heterocycles. The van der Waals surface area contributed by atoms with Gasteiger partial charge in [-0.3, -0.25) is 14.6 Å². The smallest absolute Gasteiger partial charge is 0.252 e. The molecule has 1 unspecified atom stereocenters. The van der Waals surface area contributed by atoms with Gasteiger partial charge in [-0.2, -0.15) is 0 Å². The molecule has 0 spiro atoms. The number of para-hydroxylation sites is 1. The zero-order valence-corrected chi connectivity index (χ0v) is 12.6. The highest BCUT2D eigenvalue weighted by molar-refractivity contribution is 6.06. The van der Waals surface area contributed by atoms with Gasteiger partial charge in [-0.25, -0.2) is 0 Å². The Balaban J connectivity index is 1.70. The van der Waals surface area contributed by atoms with E-state index in [1.165, 1.54) is 0 Å². The first-order chi connectivity index (χ1) is 10.7. The summed E-state index contributed by atoms with van der Waals surface area (Å²) in [5.74, 6) is -0.254. The number of nitrogens with one attached hydrogen (secondary N) is 1. The van der Waals surface area contributed by atoms with Crippen molar-refractivity contribution < 1.29 is 9.59 Å². The summed E-state index contributed by atoms with van der Waals surface area (Å²) in [6.45, 7) is 2.87. The Morgan fingerprint density at radius 1 is 1.32 bits per heavy atom. The molecule has 2 amide bonds. The Hall–Kier alpha value is -2.43. The molecule has 1 N–H and O–H groups in total. The van der Waals surface area contributed by atoms with Gasteiger partial charge in [-0.15, -0.1) is 0 Å². The average molecular weight is 297 g/mol. The molecule has 1 aliphatic heterocycles. The van der Waals surface area contributed by atoms with Gasteiger partial charge in [0.2, 0.25) is 5.91 Å². The summed E-state index contributed by atoms with van der Waals surface area (Å²) in [6, 6.07) is 9.43. The SMILES string of the molecule is CC1CCCN1C(=O)CNC(=O)c1ccnc2ccccc12. The number of pyridine rings is 1. The Labute approximate surface area is 129 Å². The van der Waals surface area contributed by atoms with E-state index in [0.717, 1.165) is 30.3 Å². The number of nitrogens with zero attached hydrogens (tertiary/aromatic N) is 2. The van der Waals surface area contributed by atoms with Crippen LogP contribution in [-0.2, 0) is 4.79 Å². The van der Waals surface area contributed by atoms with Crippen LogP contribution in [0.15, 0.2) is 36.5 Å². The lowest BCUT2D eigenvalue weighted by molar-refractivity contribution is -0.130. The lowest BCUT2D eigenvalue weighted by Gasteiger charge is -2.21. The molecule has 0 saturated carbocycles. The van der Waals surface area contributed by atoms with Gasteiger partial charge in [0.15, 0.2) is 0 Å². The molecule has 2 aromatic rings. The summed E-state index contributed by atoms with van der Waals surface area (Å²) in [5.41, 5.74) is 1.32. The van der Waals surface area contributed by atoms with Crippen molar-refractivity contribution in [2.75, 3.05) is 13.1 Å². The van der Waals surface area contributed by atoms with Crippen molar-refractivity contribution in [2.45, 2.75) is 25.8 Å². The molecule has 5 nitrogen and oxygen atoms in total. The second-order valence-electron chi connectivity index (χ2n) is 5.64. The summed E-state index contributed by atoms with van der Waals surface area (Å²) in [7, 11) is 0. The summed E-state index contributed by atoms with van der Waals surface area (Å²) in [5, 5.41) is 3.53. The normalized spacial score (nSPS) is 17.7. The van der Waals surface area contributed by atoms with Crippen molar-refractivity contribution in [3.8, 4) is 0 Å². The van der Waals surface area contributed by atoms with Crippen molar-refractivity contribution in [2.24, 2.45) is 0 Å². The highest BCUT2D eigenvalue weighted by atomic mass is 16.2. The number of benzene rings is 1. The Kier molecular flexibility index (Phi) is 4.04. The number of likely N-dealkylation sites (tertiary alicyclic amines) is 1. The molecular weight excluding hydrogens is 278 g/mol. The van der Waals surface area contributed by atoms with Crippen LogP contribution < -0.4 is 5.32 Å². The molecule has 1 aromatic heterocycles. The fourth-order valence-corrected chi connectivity index (χ4v) is 2.95. The maximum Gasteiger partial charge on any atom is 0.252 e. The van der Waals surface area contributed by atoms with E-state index in [4.69, 9.17) is 0 Å². The number of aromatic nitrogens is 1. The average Bonchev–Trinajstić information content (AvgIpc) is 2.98. The molecule has 22 heavy (non-hydrogen) atoms. The van der Waals surface area contributed by atoms with Crippen LogP contribution in [0.25, 0.3) is 10.9 Å². The highest BCUT2D eigenvalue weighted by Gasteiger charge is 2.25. The minimum atomic E-state index is -0.237. The number of hydrogen-bond acceptors (Lipinski definition) is 3. The van der Waals surface area contributed by atoms with Gasteiger partial charge < -0.3 is 10.2 Å². The fourth-order valence-electron chi connectivity index (χ4n) is 2.95. The number of carbonyl (C=O) groups is 2. The van der Waals surface area contributed by atoms with Gasteiger partial charge in [-0.05, 0) is 31.9 Å². The maximum absolute atomic E-state index is 12.3. The topological polar surface area (TPSA) is 62.3 Å². The van der Waals surface area contributed by atoms with Gasteiger partial charge in [0.25, 0.3) is 5.91 Å². The van der Waals surface area contributed by atoms with E-state index in [-0.39, 0.29) is 24.4 Å². The van der Waals surface area contributed by atoms with Gasteiger partial charge in [0.05, 0.1) is 17.6 Å². The predicted octanol–water partition coefficient (Wildman–Crippen LogP) is 1.98. The van der Waals surface area contributed by atoms with Crippen molar-refractivity contribution >= 4 is 22.7 Å². The second-order valence-corrected chi connectivity index (χ2v) is 5.64. The number of hydrogen-bond donors (Lipinski definition) is 1. The Bertz CT molecular complexity index is 709. The van der Waals surface area contributed by atoms with Crippen LogP contribution >= 0.6 is 0 Å². The van der Waals surface area contributed by atoms with Crippen LogP contribution in [0.4, 0.5) is 0 Å². The lowest BCUT2D eigenvalue weighted by atomic mass is 10.1. The zero-order chi connectivity index (χ0) is 15.5. The predicted molar refractivity (Wildman–Crippen MR) is 84.5 cm³/mol. The Morgan fingerprint density at radius 2 is 2.14 bits per heavy atom. The third kappa shape index (κ3) is 2.79. The first-order valence-corrected chi connectivity index (χ1v) is 7.58.